The number of rotatable bonds is 5. The lowest BCUT2D eigenvalue weighted by atomic mass is 10.1. The molecule has 2 atom stereocenters. The average Bonchev–Trinajstić information content (AvgIpc) is 3.15. The summed E-state index contributed by atoms with van der Waals surface area (Å²) in [6.45, 7) is 0.923. The van der Waals surface area contributed by atoms with Crippen molar-refractivity contribution in [3.63, 3.8) is 0 Å². The molecule has 0 fully saturated rings. The van der Waals surface area contributed by atoms with E-state index < -0.39 is 0 Å². The van der Waals surface area contributed by atoms with Crippen LogP contribution >= 0.6 is 15.9 Å². The van der Waals surface area contributed by atoms with Crippen LogP contribution in [0.5, 0.6) is 0 Å². The van der Waals surface area contributed by atoms with Gasteiger partial charge >= 0.3 is 0 Å². The van der Waals surface area contributed by atoms with Crippen LogP contribution < -0.4 is 5.32 Å². The zero-order valence-corrected chi connectivity index (χ0v) is 13.2. The molecule has 4 nitrogen and oxygen atoms in total. The summed E-state index contributed by atoms with van der Waals surface area (Å²) in [6, 6.07) is 8.47. The summed E-state index contributed by atoms with van der Waals surface area (Å²) in [4.78, 5) is 7.75. The molecule has 1 aromatic carbocycles. The molecular formula is C16H18BrN3O. The van der Waals surface area contributed by atoms with Crippen LogP contribution in [0.15, 0.2) is 47.1 Å². The van der Waals surface area contributed by atoms with Crippen LogP contribution in [0.25, 0.3) is 11.3 Å². The van der Waals surface area contributed by atoms with Gasteiger partial charge in [0.05, 0.1) is 18.4 Å². The number of nitrogens with zero attached hydrogens (tertiary/aromatic N) is 1. The summed E-state index contributed by atoms with van der Waals surface area (Å²) in [5.41, 5.74) is 2.15. The third-order valence-corrected chi connectivity index (χ3v) is 4.25. The molecule has 0 saturated heterocycles. The number of aliphatic hydroxyl groups is 1. The van der Waals surface area contributed by atoms with E-state index in [1.54, 1.807) is 0 Å². The van der Waals surface area contributed by atoms with Gasteiger partial charge in [-0.05, 0) is 24.1 Å². The number of hydrogen-bond acceptors (Lipinski definition) is 3. The molecule has 21 heavy (non-hydrogen) atoms. The summed E-state index contributed by atoms with van der Waals surface area (Å²) in [5, 5.41) is 12.6. The topological polar surface area (TPSA) is 60.9 Å². The summed E-state index contributed by atoms with van der Waals surface area (Å²) in [5.74, 6) is 1.21. The van der Waals surface area contributed by atoms with Gasteiger partial charge in [0.2, 0.25) is 0 Å². The van der Waals surface area contributed by atoms with Crippen molar-refractivity contribution in [1.29, 1.82) is 0 Å². The molecule has 0 bridgehead atoms. The second-order valence-corrected chi connectivity index (χ2v) is 6.22. The van der Waals surface area contributed by atoms with Gasteiger partial charge < -0.3 is 15.4 Å². The fourth-order valence-electron chi connectivity index (χ4n) is 2.52. The lowest BCUT2D eigenvalue weighted by Crippen LogP contribution is -2.26. The van der Waals surface area contributed by atoms with Gasteiger partial charge in [-0.2, -0.15) is 0 Å². The minimum Gasteiger partial charge on any atom is -0.396 e. The van der Waals surface area contributed by atoms with Gasteiger partial charge in [0.1, 0.15) is 5.82 Å². The minimum atomic E-state index is 0.225. The molecule has 0 aliphatic heterocycles. The number of hydrogen-bond donors (Lipinski definition) is 3. The van der Waals surface area contributed by atoms with Crippen molar-refractivity contribution < 1.29 is 5.11 Å². The molecule has 0 amide bonds. The van der Waals surface area contributed by atoms with Crippen molar-refractivity contribution >= 4 is 15.9 Å². The Hall–Kier alpha value is -1.43. The highest BCUT2D eigenvalue weighted by Crippen LogP contribution is 2.20. The van der Waals surface area contributed by atoms with E-state index in [4.69, 9.17) is 5.11 Å². The van der Waals surface area contributed by atoms with Crippen LogP contribution in [0.3, 0.4) is 0 Å². The summed E-state index contributed by atoms with van der Waals surface area (Å²) >= 11 is 3.44. The number of imidazole rings is 1. The zero-order valence-electron chi connectivity index (χ0n) is 11.6. The maximum absolute atomic E-state index is 9.12. The molecule has 3 N–H and O–H groups in total. The molecule has 110 valence electrons. The van der Waals surface area contributed by atoms with Crippen LogP contribution in [0.4, 0.5) is 0 Å². The first-order valence-corrected chi connectivity index (χ1v) is 7.86. The van der Waals surface area contributed by atoms with Gasteiger partial charge in [-0.15, -0.1) is 0 Å². The van der Waals surface area contributed by atoms with Gasteiger partial charge in [-0.3, -0.25) is 0 Å². The number of H-pyrrole nitrogens is 1. The molecule has 2 aromatic rings. The normalized spacial score (nSPS) is 21.0. The third kappa shape index (κ3) is 3.61. The van der Waals surface area contributed by atoms with Crippen LogP contribution in [0, 0.1) is 5.92 Å². The Morgan fingerprint density at radius 3 is 2.81 bits per heavy atom. The van der Waals surface area contributed by atoms with Crippen molar-refractivity contribution in [2.75, 3.05) is 6.61 Å². The third-order valence-electron chi connectivity index (χ3n) is 3.72. The highest BCUT2D eigenvalue weighted by atomic mass is 79.9. The van der Waals surface area contributed by atoms with Gasteiger partial charge in [0.15, 0.2) is 0 Å². The molecule has 1 aliphatic rings. The van der Waals surface area contributed by atoms with Gasteiger partial charge in [0, 0.05) is 23.0 Å². The van der Waals surface area contributed by atoms with E-state index in [9.17, 15) is 0 Å². The Kier molecular flexibility index (Phi) is 4.53. The van der Waals surface area contributed by atoms with Crippen LogP contribution in [0.1, 0.15) is 12.2 Å². The highest BCUT2D eigenvalue weighted by Gasteiger charge is 2.17. The lowest BCUT2D eigenvalue weighted by molar-refractivity contribution is 0.246. The first-order valence-electron chi connectivity index (χ1n) is 7.07. The number of aliphatic hydroxyl groups excluding tert-OH is 1. The van der Waals surface area contributed by atoms with Crippen molar-refractivity contribution in [2.24, 2.45) is 5.92 Å². The SMILES string of the molecule is OC[C@H]1C=C[C@@H](NCc2ncc(-c3ccc(Br)cc3)[nH]2)C1. The number of aromatic nitrogens is 2. The molecule has 0 spiro atoms. The standard InChI is InChI=1S/C16H18BrN3O/c17-13-4-2-12(3-5-13)15-8-19-16(20-15)9-18-14-6-1-11(7-14)10-21/h1-6,8,11,14,18,21H,7,9-10H2,(H,19,20)/t11-,14+/m0/s1. The summed E-state index contributed by atoms with van der Waals surface area (Å²) in [6.07, 6.45) is 7.02. The van der Waals surface area contributed by atoms with Crippen LogP contribution in [-0.2, 0) is 6.54 Å². The van der Waals surface area contributed by atoms with E-state index in [1.807, 2.05) is 18.3 Å². The van der Waals surface area contributed by atoms with E-state index in [-0.39, 0.29) is 12.5 Å². The van der Waals surface area contributed by atoms with Crippen LogP contribution in [0.2, 0.25) is 0 Å². The van der Waals surface area contributed by atoms with Gasteiger partial charge in [-0.25, -0.2) is 4.98 Å². The van der Waals surface area contributed by atoms with Gasteiger partial charge in [-0.1, -0.05) is 40.2 Å². The predicted molar refractivity (Wildman–Crippen MR) is 86.7 cm³/mol. The maximum Gasteiger partial charge on any atom is 0.120 e. The number of halogens is 1. The maximum atomic E-state index is 9.12. The second-order valence-electron chi connectivity index (χ2n) is 5.30. The zero-order chi connectivity index (χ0) is 14.7. The molecule has 1 heterocycles. The molecule has 1 aromatic heterocycles. The minimum absolute atomic E-state index is 0.225. The Morgan fingerprint density at radius 2 is 2.10 bits per heavy atom. The molecule has 1 aliphatic carbocycles. The lowest BCUT2D eigenvalue weighted by Gasteiger charge is -2.11. The van der Waals surface area contributed by atoms with Crippen molar-refractivity contribution in [3.8, 4) is 11.3 Å². The first-order chi connectivity index (χ1) is 10.2. The van der Waals surface area contributed by atoms with E-state index in [0.717, 1.165) is 28.0 Å². The first kappa shape index (κ1) is 14.5. The van der Waals surface area contributed by atoms with Crippen molar-refractivity contribution in [3.05, 3.63) is 52.9 Å². The Bertz CT molecular complexity index is 621. The fourth-order valence-corrected chi connectivity index (χ4v) is 2.78. The van der Waals surface area contributed by atoms with Crippen molar-refractivity contribution in [2.45, 2.75) is 19.0 Å². The van der Waals surface area contributed by atoms with E-state index in [0.29, 0.717) is 12.6 Å². The smallest absolute Gasteiger partial charge is 0.120 e. The molecule has 3 rings (SSSR count). The fraction of sp³-hybridized carbons (Fsp3) is 0.312. The molecule has 0 unspecified atom stereocenters. The van der Waals surface area contributed by atoms with E-state index >= 15 is 0 Å². The summed E-state index contributed by atoms with van der Waals surface area (Å²) in [7, 11) is 0. The van der Waals surface area contributed by atoms with E-state index in [1.165, 1.54) is 0 Å². The van der Waals surface area contributed by atoms with Gasteiger partial charge in [0.25, 0.3) is 0 Å². The number of aromatic amines is 1. The van der Waals surface area contributed by atoms with E-state index in [2.05, 4.69) is 55.5 Å². The number of nitrogens with one attached hydrogen (secondary N) is 2. The quantitative estimate of drug-likeness (QED) is 0.729. The molecule has 5 heteroatoms. The molecular weight excluding hydrogens is 330 g/mol. The second kappa shape index (κ2) is 6.56. The Morgan fingerprint density at radius 1 is 1.29 bits per heavy atom. The summed E-state index contributed by atoms with van der Waals surface area (Å²) < 4.78 is 1.07. The Balaban J connectivity index is 1.58. The molecule has 0 radical (unpaired) electrons. The highest BCUT2D eigenvalue weighted by molar-refractivity contribution is 9.10. The molecule has 0 saturated carbocycles. The van der Waals surface area contributed by atoms with Crippen LogP contribution in [-0.4, -0.2) is 27.7 Å². The number of benzene rings is 1. The monoisotopic (exact) mass is 347 g/mol. The predicted octanol–water partition coefficient (Wildman–Crippen LogP) is 2.87. The Labute approximate surface area is 132 Å². The van der Waals surface area contributed by atoms with Crippen molar-refractivity contribution in [1.82, 2.24) is 15.3 Å². The average molecular weight is 348 g/mol. The largest absolute Gasteiger partial charge is 0.396 e.